The van der Waals surface area contributed by atoms with Gasteiger partial charge in [0, 0.05) is 31.4 Å². The van der Waals surface area contributed by atoms with Crippen molar-refractivity contribution in [3.63, 3.8) is 0 Å². The molecule has 10 heteroatoms. The summed E-state index contributed by atoms with van der Waals surface area (Å²) in [5.41, 5.74) is 3.30. The molecular weight excluding hydrogens is 1050 g/mol. The van der Waals surface area contributed by atoms with Crippen LogP contribution in [0.2, 0.25) is 0 Å². The van der Waals surface area contributed by atoms with Crippen LogP contribution in [0.3, 0.4) is 0 Å². The third kappa shape index (κ3) is 13.1. The van der Waals surface area contributed by atoms with E-state index in [9.17, 15) is 14.7 Å². The van der Waals surface area contributed by atoms with E-state index in [4.69, 9.17) is 14.2 Å². The Morgan fingerprint density at radius 2 is 0.939 bits per heavy atom. The highest BCUT2D eigenvalue weighted by molar-refractivity contribution is 14.1. The number of piperidine rings is 2. The number of aliphatic carboxylic acids is 1. The van der Waals surface area contributed by atoms with Gasteiger partial charge in [-0.05, 0) is 212 Å². The predicted molar refractivity (Wildman–Crippen MR) is 285 cm³/mol. The molecule has 2 heterocycles. The van der Waals surface area contributed by atoms with Crippen LogP contribution in [0.4, 0.5) is 0 Å². The molecule has 1 N–H and O–H groups in total. The van der Waals surface area contributed by atoms with Crippen LogP contribution in [-0.4, -0.2) is 71.8 Å². The van der Waals surface area contributed by atoms with Crippen LogP contribution in [0.25, 0.3) is 21.5 Å². The summed E-state index contributed by atoms with van der Waals surface area (Å²) in [7, 11) is 0. The summed E-state index contributed by atoms with van der Waals surface area (Å²) in [6.07, 6.45) is 13.2. The summed E-state index contributed by atoms with van der Waals surface area (Å²) in [4.78, 5) is 28.4. The summed E-state index contributed by atoms with van der Waals surface area (Å²) in [6, 6.07) is 21.8. The molecule has 8 nitrogen and oxygen atoms in total. The first-order valence-electron chi connectivity index (χ1n) is 25.1. The van der Waals surface area contributed by atoms with E-state index in [1.165, 1.54) is 65.5 Å². The number of carboxylic acid groups (broad SMARTS) is 1. The fourth-order valence-electron chi connectivity index (χ4n) is 11.1. The van der Waals surface area contributed by atoms with E-state index in [2.05, 4.69) is 157 Å². The van der Waals surface area contributed by atoms with Crippen molar-refractivity contribution in [2.75, 3.05) is 32.8 Å². The molecule has 4 aromatic rings. The van der Waals surface area contributed by atoms with Gasteiger partial charge in [0.1, 0.15) is 11.5 Å². The molecule has 0 atom stereocenters. The zero-order chi connectivity index (χ0) is 47.2. The Kier molecular flexibility index (Phi) is 17.7. The van der Waals surface area contributed by atoms with E-state index in [0.29, 0.717) is 23.5 Å². The van der Waals surface area contributed by atoms with Gasteiger partial charge in [-0.3, -0.25) is 19.4 Å². The van der Waals surface area contributed by atoms with Crippen molar-refractivity contribution in [2.45, 2.75) is 151 Å². The van der Waals surface area contributed by atoms with E-state index in [-0.39, 0.29) is 23.9 Å². The van der Waals surface area contributed by atoms with E-state index in [1.54, 1.807) is 0 Å². The van der Waals surface area contributed by atoms with Crippen molar-refractivity contribution in [3.8, 4) is 11.5 Å². The molecule has 2 aliphatic heterocycles. The van der Waals surface area contributed by atoms with Crippen molar-refractivity contribution < 1.29 is 28.9 Å². The lowest BCUT2D eigenvalue weighted by molar-refractivity contribution is -0.149. The minimum Gasteiger partial charge on any atom is -0.490 e. The number of hydrogen-bond acceptors (Lipinski definition) is 7. The predicted octanol–water partition coefficient (Wildman–Crippen LogP) is 13.9. The molecule has 4 aromatic carbocycles. The fraction of sp³-hybridized carbons (Fsp3) is 0.607. The third-order valence-electron chi connectivity index (χ3n) is 15.4. The molecule has 4 fully saturated rings. The molecule has 360 valence electrons. The number of ether oxygens (including phenoxy) is 3. The van der Waals surface area contributed by atoms with Gasteiger partial charge in [0.15, 0.2) is 0 Å². The third-order valence-corrected chi connectivity index (χ3v) is 17.2. The van der Waals surface area contributed by atoms with Crippen LogP contribution in [0, 0.1) is 41.6 Å². The molecule has 2 aliphatic carbocycles. The quantitative estimate of drug-likeness (QED) is 0.117. The van der Waals surface area contributed by atoms with E-state index < -0.39 is 5.97 Å². The lowest BCUT2D eigenvalue weighted by atomic mass is 9.72. The van der Waals surface area contributed by atoms with Gasteiger partial charge in [-0.25, -0.2) is 0 Å². The number of carbonyl (C=O) groups is 2. The number of rotatable bonds is 11. The molecule has 4 aliphatic rings. The Morgan fingerprint density at radius 1 is 0.576 bits per heavy atom. The first-order valence-corrected chi connectivity index (χ1v) is 27.2. The van der Waals surface area contributed by atoms with Crippen LogP contribution in [0.5, 0.6) is 11.5 Å². The zero-order valence-electron chi connectivity index (χ0n) is 40.8. The van der Waals surface area contributed by atoms with Gasteiger partial charge in [-0.2, -0.15) is 0 Å². The number of nitrogens with zero attached hydrogens (tertiary/aromatic N) is 2. The molecule has 0 aromatic heterocycles. The average Bonchev–Trinajstić information content (AvgIpc) is 3.29. The van der Waals surface area contributed by atoms with E-state index in [1.807, 2.05) is 6.92 Å². The average molecular weight is 1130 g/mol. The molecule has 0 amide bonds. The first-order chi connectivity index (χ1) is 31.5. The smallest absolute Gasteiger partial charge is 0.309 e. The number of benzene rings is 4. The van der Waals surface area contributed by atoms with Gasteiger partial charge < -0.3 is 19.3 Å². The summed E-state index contributed by atoms with van der Waals surface area (Å²) in [5.74, 6) is 2.78. The molecule has 0 bridgehead atoms. The van der Waals surface area contributed by atoms with E-state index in [0.717, 1.165) is 114 Å². The van der Waals surface area contributed by atoms with Crippen LogP contribution in [0.1, 0.15) is 137 Å². The van der Waals surface area contributed by atoms with Crippen LogP contribution >= 0.6 is 45.2 Å². The highest BCUT2D eigenvalue weighted by atomic mass is 127. The number of hydrogen-bond donors (Lipinski definition) is 1. The number of halogens is 2. The summed E-state index contributed by atoms with van der Waals surface area (Å²) < 4.78 is 21.2. The molecule has 2 saturated carbocycles. The number of carbonyl (C=O) groups excluding carboxylic acids is 1. The summed E-state index contributed by atoms with van der Waals surface area (Å²) >= 11 is 4.88. The Hall–Kier alpha value is -2.68. The number of esters is 1. The monoisotopic (exact) mass is 1130 g/mol. The van der Waals surface area contributed by atoms with Crippen molar-refractivity contribution in [2.24, 2.45) is 34.5 Å². The number of fused-ring (bicyclic) bond motifs is 2. The topological polar surface area (TPSA) is 88.5 Å². The maximum absolute atomic E-state index is 12.2. The zero-order valence-corrected chi connectivity index (χ0v) is 45.1. The fourth-order valence-corrected chi connectivity index (χ4v) is 12.6. The van der Waals surface area contributed by atoms with Crippen LogP contribution in [-0.2, 0) is 27.4 Å². The minimum atomic E-state index is -0.653. The highest BCUT2D eigenvalue weighted by Gasteiger charge is 2.34. The summed E-state index contributed by atoms with van der Waals surface area (Å²) in [5, 5.41) is 14.5. The Morgan fingerprint density at radius 3 is 1.29 bits per heavy atom. The summed E-state index contributed by atoms with van der Waals surface area (Å²) in [6.45, 7) is 21.7. The number of likely N-dealkylation sites (tertiary alicyclic amines) is 2. The van der Waals surface area contributed by atoms with E-state index >= 15 is 0 Å². The lowest BCUT2D eigenvalue weighted by Crippen LogP contribution is -2.36. The molecular formula is C56H76I2N2O6. The molecule has 2 saturated heterocycles. The molecule has 66 heavy (non-hydrogen) atoms. The first kappa shape index (κ1) is 51.2. The minimum absolute atomic E-state index is 0.0308. The molecule has 8 rings (SSSR count). The Labute approximate surface area is 422 Å². The highest BCUT2D eigenvalue weighted by Crippen LogP contribution is 2.43. The van der Waals surface area contributed by atoms with Crippen LogP contribution < -0.4 is 9.47 Å². The van der Waals surface area contributed by atoms with Gasteiger partial charge in [0.2, 0.25) is 0 Å². The van der Waals surface area contributed by atoms with Gasteiger partial charge >= 0.3 is 11.9 Å². The second-order valence-corrected chi connectivity index (χ2v) is 24.2. The standard InChI is InChI=1S/C29H40INO3.C27H36INO3/c1-5-33-28(32)20-14-16-31(17-15-20)19-25-23-8-6-7-9-24(23)26(30)18-27(25)34-22-12-10-21(11-13-22)29(2,3)4;1-27(2,3)19-8-10-20(11-9-19)32-25-16-24(28)22-7-5-4-6-21(22)23(25)17-29-14-12-18(13-15-29)26(30)31/h6-9,18,20-22H,5,10-17,19H2,1-4H3;4-7,16,18-20H,8-15,17H2,1-3H3,(H,30,31). The van der Waals surface area contributed by atoms with Crippen molar-refractivity contribution >= 4 is 78.7 Å². The van der Waals surface area contributed by atoms with Gasteiger partial charge in [-0.15, -0.1) is 0 Å². The van der Waals surface area contributed by atoms with Gasteiger partial charge in [-0.1, -0.05) is 90.1 Å². The van der Waals surface area contributed by atoms with Crippen molar-refractivity contribution in [1.29, 1.82) is 0 Å². The maximum atomic E-state index is 12.2. The number of carboxylic acids is 1. The SMILES string of the molecule is CC(C)(C)C1CCC(Oc2cc(I)c3ccccc3c2CN2CCC(C(=O)O)CC2)CC1.CCOC(=O)C1CCN(Cc2c(OC3CCC(C(C)(C)C)CC3)cc(I)c3ccccc23)CC1. The molecule has 0 unspecified atom stereocenters. The van der Waals surface area contributed by atoms with Gasteiger partial charge in [0.05, 0.1) is 30.7 Å². The van der Waals surface area contributed by atoms with Crippen molar-refractivity contribution in [1.82, 2.24) is 9.80 Å². The Balaban J connectivity index is 0.000000197. The largest absolute Gasteiger partial charge is 0.490 e. The Bertz CT molecular complexity index is 2250. The maximum Gasteiger partial charge on any atom is 0.309 e. The van der Waals surface area contributed by atoms with Gasteiger partial charge in [0.25, 0.3) is 0 Å². The normalized spacial score (nSPS) is 23.0. The molecule has 0 radical (unpaired) electrons. The molecule has 0 spiro atoms. The second-order valence-electron chi connectivity index (χ2n) is 21.9. The van der Waals surface area contributed by atoms with Crippen LogP contribution in [0.15, 0.2) is 60.7 Å². The lowest BCUT2D eigenvalue weighted by Gasteiger charge is -2.37. The second kappa shape index (κ2) is 22.8. The van der Waals surface area contributed by atoms with Crippen molar-refractivity contribution in [3.05, 3.63) is 78.9 Å².